The number of H-pyrrole nitrogens is 1. The second-order valence-electron chi connectivity index (χ2n) is 4.28. The van der Waals surface area contributed by atoms with Crippen molar-refractivity contribution in [3.63, 3.8) is 0 Å². The molecule has 0 aliphatic rings. The van der Waals surface area contributed by atoms with Gasteiger partial charge >= 0.3 is 0 Å². The Labute approximate surface area is 130 Å². The van der Waals surface area contributed by atoms with Gasteiger partial charge in [0.25, 0.3) is 0 Å². The molecule has 0 spiro atoms. The van der Waals surface area contributed by atoms with Crippen LogP contribution in [0.4, 0.5) is 0 Å². The van der Waals surface area contributed by atoms with E-state index in [0.29, 0.717) is 26.1 Å². The Morgan fingerprint density at radius 3 is 2.48 bits per heavy atom. The Balaban J connectivity index is 2.12. The van der Waals surface area contributed by atoms with E-state index in [4.69, 9.17) is 11.6 Å². The number of aromatic amines is 1. The minimum absolute atomic E-state index is 0.113. The lowest BCUT2D eigenvalue weighted by molar-refractivity contribution is 0.421. The molecule has 3 rings (SSSR count). The topological polar surface area (TPSA) is 69.1 Å². The van der Waals surface area contributed by atoms with Gasteiger partial charge in [-0.05, 0) is 18.2 Å². The van der Waals surface area contributed by atoms with Crippen LogP contribution in [0.3, 0.4) is 0 Å². The molecule has 6 heteroatoms. The van der Waals surface area contributed by atoms with Crippen LogP contribution in [0.2, 0.25) is 5.02 Å². The highest BCUT2D eigenvalue weighted by molar-refractivity contribution is 7.99. The van der Waals surface area contributed by atoms with Crippen molar-refractivity contribution in [1.82, 2.24) is 9.97 Å². The minimum atomic E-state index is -0.126. The van der Waals surface area contributed by atoms with Crippen molar-refractivity contribution in [3.05, 3.63) is 53.7 Å². The van der Waals surface area contributed by atoms with Crippen molar-refractivity contribution < 1.29 is 10.2 Å². The largest absolute Gasteiger partial charge is 0.494 e. The first-order valence-corrected chi connectivity index (χ1v) is 7.34. The van der Waals surface area contributed by atoms with Crippen LogP contribution in [0, 0.1) is 0 Å². The second kappa shape index (κ2) is 5.71. The van der Waals surface area contributed by atoms with E-state index in [1.807, 2.05) is 24.3 Å². The molecule has 0 amide bonds. The van der Waals surface area contributed by atoms with Gasteiger partial charge < -0.3 is 10.2 Å². The molecule has 106 valence electrons. The maximum atomic E-state index is 10.1. The zero-order chi connectivity index (χ0) is 14.8. The number of hydrogen-bond donors (Lipinski definition) is 3. The summed E-state index contributed by atoms with van der Waals surface area (Å²) in [5.74, 6) is -0.239. The average Bonchev–Trinajstić information content (AvgIpc) is 2.75. The normalized spacial score (nSPS) is 10.7. The Morgan fingerprint density at radius 1 is 1.00 bits per heavy atom. The molecule has 0 aliphatic heterocycles. The fraction of sp³-hybridized carbons (Fsp3) is 0. The van der Waals surface area contributed by atoms with E-state index < -0.39 is 0 Å². The van der Waals surface area contributed by atoms with Crippen molar-refractivity contribution in [3.8, 4) is 22.9 Å². The summed E-state index contributed by atoms with van der Waals surface area (Å²) in [7, 11) is 0. The molecule has 0 saturated heterocycles. The molecule has 0 aliphatic carbocycles. The lowest BCUT2D eigenvalue weighted by atomic mass is 10.1. The number of aromatic hydroxyl groups is 2. The van der Waals surface area contributed by atoms with Crippen molar-refractivity contribution in [2.75, 3.05) is 0 Å². The summed E-state index contributed by atoms with van der Waals surface area (Å²) in [6.07, 6.45) is 1.67. The van der Waals surface area contributed by atoms with E-state index in [0.717, 1.165) is 0 Å². The number of pyridine rings is 1. The third-order valence-electron chi connectivity index (χ3n) is 2.90. The smallest absolute Gasteiger partial charge is 0.206 e. The standard InChI is InChI=1S/C15H11ClN2O2S/c16-10-6-2-1-5-9(10)12-13(15(20)18-14(12)19)21-11-7-3-4-8-17-11/h1-8,18-20H. The molecule has 0 saturated carbocycles. The van der Waals surface area contributed by atoms with Crippen LogP contribution in [0.1, 0.15) is 0 Å². The van der Waals surface area contributed by atoms with Crippen LogP contribution in [0.15, 0.2) is 58.6 Å². The van der Waals surface area contributed by atoms with Crippen molar-refractivity contribution in [2.45, 2.75) is 9.92 Å². The van der Waals surface area contributed by atoms with Crippen molar-refractivity contribution in [2.24, 2.45) is 0 Å². The monoisotopic (exact) mass is 318 g/mol. The van der Waals surface area contributed by atoms with Crippen LogP contribution < -0.4 is 0 Å². The number of rotatable bonds is 3. The maximum absolute atomic E-state index is 10.1. The number of hydrogen-bond acceptors (Lipinski definition) is 4. The summed E-state index contributed by atoms with van der Waals surface area (Å²) in [6, 6.07) is 12.6. The molecule has 3 N–H and O–H groups in total. The molecule has 21 heavy (non-hydrogen) atoms. The van der Waals surface area contributed by atoms with Gasteiger partial charge in [-0.15, -0.1) is 0 Å². The second-order valence-corrected chi connectivity index (χ2v) is 5.71. The van der Waals surface area contributed by atoms with Crippen LogP contribution in [-0.4, -0.2) is 20.2 Å². The first kappa shape index (κ1) is 13.9. The van der Waals surface area contributed by atoms with Gasteiger partial charge in [-0.3, -0.25) is 4.98 Å². The summed E-state index contributed by atoms with van der Waals surface area (Å²) >= 11 is 7.44. The first-order valence-electron chi connectivity index (χ1n) is 6.14. The average molecular weight is 319 g/mol. The molecule has 0 atom stereocenters. The van der Waals surface area contributed by atoms with Gasteiger partial charge in [-0.1, -0.05) is 47.6 Å². The number of nitrogens with one attached hydrogen (secondary N) is 1. The molecular formula is C15H11ClN2O2S. The molecule has 1 aromatic carbocycles. The van der Waals surface area contributed by atoms with Gasteiger partial charge in [0.15, 0.2) is 0 Å². The Bertz CT molecular complexity index is 775. The summed E-state index contributed by atoms with van der Waals surface area (Å²) in [5.41, 5.74) is 1.11. The maximum Gasteiger partial charge on any atom is 0.206 e. The van der Waals surface area contributed by atoms with E-state index in [1.54, 1.807) is 24.4 Å². The highest BCUT2D eigenvalue weighted by Crippen LogP contribution is 2.47. The van der Waals surface area contributed by atoms with E-state index >= 15 is 0 Å². The minimum Gasteiger partial charge on any atom is -0.494 e. The van der Waals surface area contributed by atoms with Crippen LogP contribution in [0.5, 0.6) is 11.8 Å². The number of benzene rings is 1. The molecule has 3 aromatic rings. The van der Waals surface area contributed by atoms with Gasteiger partial charge in [-0.2, -0.15) is 0 Å². The van der Waals surface area contributed by atoms with E-state index in [2.05, 4.69) is 9.97 Å². The van der Waals surface area contributed by atoms with E-state index in [9.17, 15) is 10.2 Å². The van der Waals surface area contributed by atoms with Crippen molar-refractivity contribution >= 4 is 23.4 Å². The van der Waals surface area contributed by atoms with Crippen molar-refractivity contribution in [1.29, 1.82) is 0 Å². The van der Waals surface area contributed by atoms with E-state index in [-0.39, 0.29) is 11.8 Å². The lowest BCUT2D eigenvalue weighted by Crippen LogP contribution is -1.82. The SMILES string of the molecule is Oc1[nH]c(O)c(-c2ccccc2Cl)c1Sc1ccccn1. The van der Waals surface area contributed by atoms with Gasteiger partial charge in [0.2, 0.25) is 11.8 Å². The summed E-state index contributed by atoms with van der Waals surface area (Å²) in [5, 5.41) is 21.3. The zero-order valence-corrected chi connectivity index (χ0v) is 12.3. The van der Waals surface area contributed by atoms with Crippen LogP contribution in [-0.2, 0) is 0 Å². The summed E-state index contributed by atoms with van der Waals surface area (Å²) < 4.78 is 0. The molecule has 0 unspecified atom stereocenters. The Hall–Kier alpha value is -2.11. The highest BCUT2D eigenvalue weighted by Gasteiger charge is 2.21. The van der Waals surface area contributed by atoms with Gasteiger partial charge in [0.05, 0.1) is 10.5 Å². The number of halogens is 1. The quantitative estimate of drug-likeness (QED) is 0.673. The molecule has 0 fully saturated rings. The molecule has 4 nitrogen and oxygen atoms in total. The van der Waals surface area contributed by atoms with E-state index in [1.165, 1.54) is 11.8 Å². The molecular weight excluding hydrogens is 308 g/mol. The molecule has 2 heterocycles. The predicted molar refractivity (Wildman–Crippen MR) is 82.9 cm³/mol. The predicted octanol–water partition coefficient (Wildman–Crippen LogP) is 4.29. The third kappa shape index (κ3) is 2.70. The van der Waals surface area contributed by atoms with Crippen LogP contribution in [0.25, 0.3) is 11.1 Å². The molecule has 2 aromatic heterocycles. The van der Waals surface area contributed by atoms with Gasteiger partial charge in [-0.25, -0.2) is 4.98 Å². The summed E-state index contributed by atoms with van der Waals surface area (Å²) in [4.78, 5) is 7.22. The lowest BCUT2D eigenvalue weighted by Gasteiger charge is -2.06. The fourth-order valence-corrected chi connectivity index (χ4v) is 3.14. The van der Waals surface area contributed by atoms with Gasteiger partial charge in [0.1, 0.15) is 5.03 Å². The Morgan fingerprint density at radius 2 is 1.76 bits per heavy atom. The highest BCUT2D eigenvalue weighted by atomic mass is 35.5. The fourth-order valence-electron chi connectivity index (χ4n) is 1.98. The molecule has 0 radical (unpaired) electrons. The first-order chi connectivity index (χ1) is 10.2. The van der Waals surface area contributed by atoms with Gasteiger partial charge in [0, 0.05) is 16.8 Å². The third-order valence-corrected chi connectivity index (χ3v) is 4.29. The molecule has 0 bridgehead atoms. The Kier molecular flexibility index (Phi) is 3.77. The zero-order valence-electron chi connectivity index (χ0n) is 10.7. The number of aromatic nitrogens is 2. The van der Waals surface area contributed by atoms with Crippen LogP contribution >= 0.6 is 23.4 Å². The summed E-state index contributed by atoms with van der Waals surface area (Å²) in [6.45, 7) is 0. The number of nitrogens with zero attached hydrogens (tertiary/aromatic N) is 1.